The maximum Gasteiger partial charge on any atom is 0.308 e. The van der Waals surface area contributed by atoms with Gasteiger partial charge in [-0.1, -0.05) is 11.6 Å². The molecule has 16 heavy (non-hydrogen) atoms. The summed E-state index contributed by atoms with van der Waals surface area (Å²) in [5.74, 6) is 0.525. The van der Waals surface area contributed by atoms with Crippen molar-refractivity contribution >= 4 is 17.6 Å². The third kappa shape index (κ3) is 1.52. The Morgan fingerprint density at radius 2 is 2.19 bits per heavy atom. The van der Waals surface area contributed by atoms with Crippen molar-refractivity contribution in [3.8, 4) is 0 Å². The first-order chi connectivity index (χ1) is 7.66. The zero-order valence-electron chi connectivity index (χ0n) is 8.82. The summed E-state index contributed by atoms with van der Waals surface area (Å²) < 4.78 is 2.04. The number of hydrogen-bond acceptors (Lipinski definition) is 2. The number of aliphatic carboxylic acids is 1. The summed E-state index contributed by atoms with van der Waals surface area (Å²) in [5.41, 5.74) is 1.03. The predicted molar refractivity (Wildman–Crippen MR) is 58.7 cm³/mol. The molecule has 0 aromatic carbocycles. The van der Waals surface area contributed by atoms with E-state index in [1.165, 1.54) is 0 Å². The van der Waals surface area contributed by atoms with Crippen LogP contribution in [0.3, 0.4) is 0 Å². The van der Waals surface area contributed by atoms with Gasteiger partial charge in [0.15, 0.2) is 5.15 Å². The van der Waals surface area contributed by atoms with E-state index in [2.05, 4.69) is 4.98 Å². The molecule has 0 bridgehead atoms. The van der Waals surface area contributed by atoms with Crippen LogP contribution in [0.1, 0.15) is 36.7 Å². The summed E-state index contributed by atoms with van der Waals surface area (Å²) in [5, 5.41) is 9.62. The summed E-state index contributed by atoms with van der Waals surface area (Å²) >= 11 is 6.08. The molecule has 0 radical (unpaired) electrons. The quantitative estimate of drug-likeness (QED) is 0.861. The molecular formula is C11H13ClN2O2. The number of carbonyl (C=O) groups is 1. The van der Waals surface area contributed by atoms with Crippen LogP contribution >= 0.6 is 11.6 Å². The fourth-order valence-corrected chi connectivity index (χ4v) is 2.68. The molecule has 1 aromatic heterocycles. The van der Waals surface area contributed by atoms with Gasteiger partial charge < -0.3 is 9.67 Å². The van der Waals surface area contributed by atoms with Crippen molar-refractivity contribution in [1.29, 1.82) is 0 Å². The van der Waals surface area contributed by atoms with Gasteiger partial charge in [0.1, 0.15) is 5.82 Å². The van der Waals surface area contributed by atoms with Gasteiger partial charge in [0.05, 0.1) is 11.6 Å². The van der Waals surface area contributed by atoms with Gasteiger partial charge in [0, 0.05) is 12.5 Å². The number of halogens is 1. The lowest BCUT2D eigenvalue weighted by Crippen LogP contribution is -2.27. The number of aromatic nitrogens is 2. The zero-order valence-corrected chi connectivity index (χ0v) is 9.57. The smallest absolute Gasteiger partial charge is 0.308 e. The van der Waals surface area contributed by atoms with Crippen LogP contribution in [0.5, 0.6) is 0 Å². The Morgan fingerprint density at radius 3 is 2.81 bits per heavy atom. The lowest BCUT2D eigenvalue weighted by molar-refractivity contribution is -0.142. The first-order valence-electron chi connectivity index (χ1n) is 5.64. The van der Waals surface area contributed by atoms with Gasteiger partial charge in [0.2, 0.25) is 0 Å². The minimum atomic E-state index is -0.711. The van der Waals surface area contributed by atoms with E-state index in [1.54, 1.807) is 0 Å². The van der Waals surface area contributed by atoms with Gasteiger partial charge in [-0.05, 0) is 25.7 Å². The molecule has 1 aromatic rings. The van der Waals surface area contributed by atoms with Crippen molar-refractivity contribution in [2.24, 2.45) is 5.92 Å². The second-order valence-electron chi connectivity index (χ2n) is 4.67. The molecule has 1 unspecified atom stereocenters. The lowest BCUT2D eigenvalue weighted by atomic mass is 9.98. The summed E-state index contributed by atoms with van der Waals surface area (Å²) in [6.07, 6.45) is 3.72. The molecule has 1 atom stereocenters. The van der Waals surface area contributed by atoms with Gasteiger partial charge in [-0.2, -0.15) is 0 Å². The van der Waals surface area contributed by atoms with Crippen molar-refractivity contribution in [2.75, 3.05) is 0 Å². The summed E-state index contributed by atoms with van der Waals surface area (Å²) in [7, 11) is 0. The van der Waals surface area contributed by atoms with Gasteiger partial charge in [-0.15, -0.1) is 0 Å². The highest BCUT2D eigenvalue weighted by Crippen LogP contribution is 2.42. The fourth-order valence-electron chi connectivity index (χ4n) is 2.39. The Kier molecular flexibility index (Phi) is 2.21. The van der Waals surface area contributed by atoms with Crippen molar-refractivity contribution < 1.29 is 9.90 Å². The molecule has 2 aliphatic rings. The van der Waals surface area contributed by atoms with Gasteiger partial charge >= 0.3 is 5.97 Å². The average molecular weight is 241 g/mol. The number of carboxylic acid groups (broad SMARTS) is 1. The number of carboxylic acids is 1. The molecule has 86 valence electrons. The second kappa shape index (κ2) is 3.48. The standard InChI is InChI=1S/C11H13ClN2O2/c12-9-8-4-3-7(11(15)16)5-14(8)10(13-9)6-1-2-6/h6-7H,1-5H2,(H,15,16). The molecule has 0 saturated heterocycles. The molecule has 1 fully saturated rings. The topological polar surface area (TPSA) is 55.1 Å². The Balaban J connectivity index is 1.97. The molecule has 2 heterocycles. The van der Waals surface area contributed by atoms with Gasteiger partial charge in [0.25, 0.3) is 0 Å². The van der Waals surface area contributed by atoms with E-state index in [9.17, 15) is 4.79 Å². The summed E-state index contributed by atoms with van der Waals surface area (Å²) in [6.45, 7) is 0.538. The highest BCUT2D eigenvalue weighted by Gasteiger charge is 2.34. The highest BCUT2D eigenvalue weighted by atomic mass is 35.5. The van der Waals surface area contributed by atoms with Crippen molar-refractivity contribution in [3.05, 3.63) is 16.7 Å². The molecule has 3 rings (SSSR count). The average Bonchev–Trinajstić information content (AvgIpc) is 3.04. The third-order valence-electron chi connectivity index (χ3n) is 3.48. The Morgan fingerprint density at radius 1 is 1.44 bits per heavy atom. The monoisotopic (exact) mass is 240 g/mol. The molecule has 4 nitrogen and oxygen atoms in total. The van der Waals surface area contributed by atoms with Crippen LogP contribution in [0, 0.1) is 5.92 Å². The van der Waals surface area contributed by atoms with Crippen molar-refractivity contribution in [2.45, 2.75) is 38.1 Å². The van der Waals surface area contributed by atoms with E-state index in [1.807, 2.05) is 4.57 Å². The van der Waals surface area contributed by atoms with Crippen LogP contribution in [0.15, 0.2) is 0 Å². The molecule has 0 spiro atoms. The van der Waals surface area contributed by atoms with Crippen LogP contribution < -0.4 is 0 Å². The fraction of sp³-hybridized carbons (Fsp3) is 0.636. The van der Waals surface area contributed by atoms with E-state index in [0.29, 0.717) is 24.0 Å². The first kappa shape index (κ1) is 10.1. The van der Waals surface area contributed by atoms with Crippen LogP contribution in [0.4, 0.5) is 0 Å². The van der Waals surface area contributed by atoms with Crippen molar-refractivity contribution in [3.63, 3.8) is 0 Å². The van der Waals surface area contributed by atoms with Crippen LogP contribution in [0.25, 0.3) is 0 Å². The summed E-state index contributed by atoms with van der Waals surface area (Å²) in [6, 6.07) is 0. The SMILES string of the molecule is O=C(O)C1CCc2c(Cl)nc(C3CC3)n2C1. The molecule has 1 aliphatic carbocycles. The maximum absolute atomic E-state index is 11.0. The molecular weight excluding hydrogens is 228 g/mol. The minimum Gasteiger partial charge on any atom is -0.481 e. The highest BCUT2D eigenvalue weighted by molar-refractivity contribution is 6.30. The number of nitrogens with zero attached hydrogens (tertiary/aromatic N) is 2. The first-order valence-corrected chi connectivity index (χ1v) is 6.02. The number of imidazole rings is 1. The zero-order chi connectivity index (χ0) is 11.3. The molecule has 1 aliphatic heterocycles. The Bertz CT molecular complexity index is 451. The Hall–Kier alpha value is -1.03. The predicted octanol–water partition coefficient (Wildman–Crippen LogP) is 2.06. The van der Waals surface area contributed by atoms with Crippen LogP contribution in [-0.2, 0) is 17.8 Å². The van der Waals surface area contributed by atoms with E-state index >= 15 is 0 Å². The third-order valence-corrected chi connectivity index (χ3v) is 3.78. The Labute approximate surface area is 98.2 Å². The number of rotatable bonds is 2. The molecule has 1 saturated carbocycles. The van der Waals surface area contributed by atoms with Crippen LogP contribution in [0.2, 0.25) is 5.15 Å². The summed E-state index contributed by atoms with van der Waals surface area (Å²) in [4.78, 5) is 15.4. The van der Waals surface area contributed by atoms with E-state index in [-0.39, 0.29) is 5.92 Å². The van der Waals surface area contributed by atoms with Crippen molar-refractivity contribution in [1.82, 2.24) is 9.55 Å². The largest absolute Gasteiger partial charge is 0.481 e. The molecule has 1 N–H and O–H groups in total. The van der Waals surface area contributed by atoms with Gasteiger partial charge in [-0.25, -0.2) is 4.98 Å². The minimum absolute atomic E-state index is 0.282. The number of hydrogen-bond donors (Lipinski definition) is 1. The lowest BCUT2D eigenvalue weighted by Gasteiger charge is -2.22. The second-order valence-corrected chi connectivity index (χ2v) is 5.02. The number of fused-ring (bicyclic) bond motifs is 1. The van der Waals surface area contributed by atoms with Crippen LogP contribution in [-0.4, -0.2) is 20.6 Å². The maximum atomic E-state index is 11.0. The van der Waals surface area contributed by atoms with E-state index in [4.69, 9.17) is 16.7 Å². The van der Waals surface area contributed by atoms with Gasteiger partial charge in [-0.3, -0.25) is 4.79 Å². The normalized spacial score (nSPS) is 24.2. The molecule has 5 heteroatoms. The van der Waals surface area contributed by atoms with E-state index in [0.717, 1.165) is 30.8 Å². The molecule has 0 amide bonds. The van der Waals surface area contributed by atoms with E-state index < -0.39 is 5.97 Å².